The van der Waals surface area contributed by atoms with Crippen LogP contribution in [0.2, 0.25) is 0 Å². The van der Waals surface area contributed by atoms with Crippen LogP contribution >= 0.6 is 0 Å². The van der Waals surface area contributed by atoms with E-state index in [1.54, 1.807) is 0 Å². The molecule has 1 aliphatic rings. The number of rotatable bonds is 1. The van der Waals surface area contributed by atoms with Gasteiger partial charge in [-0.3, -0.25) is 0 Å². The minimum absolute atomic E-state index is 0. The molecule has 12 heavy (non-hydrogen) atoms. The minimum Gasteiger partial charge on any atom is -0.179 e. The van der Waals surface area contributed by atoms with Crippen LogP contribution in [0.3, 0.4) is 0 Å². The number of allylic oxidation sites excluding steroid dienone is 2. The summed E-state index contributed by atoms with van der Waals surface area (Å²) in [5.74, 6) is 0. The predicted octanol–water partition coefficient (Wildman–Crippen LogP) is 2.83. The van der Waals surface area contributed by atoms with Gasteiger partial charge in [0.25, 0.3) is 0 Å². The largest absolute Gasteiger partial charge is 0.179 e. The van der Waals surface area contributed by atoms with Crippen molar-refractivity contribution >= 4 is 5.57 Å². The van der Waals surface area contributed by atoms with Crippen LogP contribution in [-0.2, 0) is 39.1 Å². The van der Waals surface area contributed by atoms with E-state index in [4.69, 9.17) is 0 Å². The molecule has 0 aliphatic heterocycles. The van der Waals surface area contributed by atoms with Crippen LogP contribution in [0.4, 0.5) is 0 Å². The van der Waals surface area contributed by atoms with Crippen LogP contribution in [0, 0.1) is 6.07 Å². The second kappa shape index (κ2) is 4.34. The smallest absolute Gasteiger partial charge is 0 e. The number of hydrogen-bond acceptors (Lipinski definition) is 0. The molecular weight excluding hydrogens is 221 g/mol. The molecule has 1 aromatic carbocycles. The molecular formula is C11H11Y-. The predicted molar refractivity (Wildman–Crippen MR) is 47.3 cm³/mol. The number of benzene rings is 1. The van der Waals surface area contributed by atoms with Gasteiger partial charge in [0.15, 0.2) is 0 Å². The molecule has 1 heteroatoms. The number of fused-ring (bicyclic) bond motifs is 1. The third-order valence-electron chi connectivity index (χ3n) is 2.22. The summed E-state index contributed by atoms with van der Waals surface area (Å²) in [4.78, 5) is 0. The molecule has 0 aromatic heterocycles. The summed E-state index contributed by atoms with van der Waals surface area (Å²) in [6, 6.07) is 9.50. The van der Waals surface area contributed by atoms with Gasteiger partial charge in [0.2, 0.25) is 0 Å². The average Bonchev–Trinajstić information content (AvgIpc) is 2.47. The standard InChI is InChI=1S/C11H11.Y/c1-2-9-7-8-10-5-3-4-6-11(9)10;/h3-4,6-7H,2,8H2,1H3;/q-1;. The summed E-state index contributed by atoms with van der Waals surface area (Å²) < 4.78 is 0. The molecule has 0 amide bonds. The maximum Gasteiger partial charge on any atom is 0 e. The second-order valence-corrected chi connectivity index (χ2v) is 2.85. The van der Waals surface area contributed by atoms with Gasteiger partial charge in [0.05, 0.1) is 0 Å². The Morgan fingerprint density at radius 2 is 2.33 bits per heavy atom. The van der Waals surface area contributed by atoms with Crippen LogP contribution in [0.25, 0.3) is 5.57 Å². The molecule has 0 bridgehead atoms. The first-order chi connectivity index (χ1) is 5.42. The van der Waals surface area contributed by atoms with E-state index in [-0.39, 0.29) is 32.7 Å². The molecule has 1 aromatic rings. The Balaban J connectivity index is 0.000000720. The molecule has 0 heterocycles. The van der Waals surface area contributed by atoms with E-state index in [0.29, 0.717) is 0 Å². The molecule has 1 radical (unpaired) electrons. The van der Waals surface area contributed by atoms with Crippen LogP contribution in [0.1, 0.15) is 24.5 Å². The van der Waals surface area contributed by atoms with E-state index in [1.807, 2.05) is 6.07 Å². The zero-order valence-corrected chi connectivity index (χ0v) is 10.1. The SMILES string of the molecule is CCC1=CCc2[c-]cccc21.[Y]. The van der Waals surface area contributed by atoms with E-state index in [1.165, 1.54) is 16.7 Å². The third kappa shape index (κ3) is 1.70. The fourth-order valence-corrected chi connectivity index (χ4v) is 1.61. The average molecular weight is 232 g/mol. The van der Waals surface area contributed by atoms with E-state index >= 15 is 0 Å². The second-order valence-electron chi connectivity index (χ2n) is 2.85. The van der Waals surface area contributed by atoms with Gasteiger partial charge in [-0.2, -0.15) is 29.8 Å². The molecule has 0 saturated heterocycles. The summed E-state index contributed by atoms with van der Waals surface area (Å²) in [5, 5.41) is 0. The zero-order valence-electron chi connectivity index (χ0n) is 7.30. The van der Waals surface area contributed by atoms with Crippen molar-refractivity contribution < 1.29 is 32.7 Å². The maximum atomic E-state index is 3.26. The molecule has 0 N–H and O–H groups in total. The summed E-state index contributed by atoms with van der Waals surface area (Å²) in [6.07, 6.45) is 4.53. The molecule has 2 rings (SSSR count). The van der Waals surface area contributed by atoms with Gasteiger partial charge >= 0.3 is 0 Å². The van der Waals surface area contributed by atoms with Crippen molar-refractivity contribution in [1.82, 2.24) is 0 Å². The first kappa shape index (κ1) is 10.1. The zero-order chi connectivity index (χ0) is 7.68. The van der Waals surface area contributed by atoms with E-state index in [2.05, 4.69) is 31.2 Å². The quantitative estimate of drug-likeness (QED) is 0.653. The van der Waals surface area contributed by atoms with E-state index < -0.39 is 0 Å². The molecule has 0 spiro atoms. The van der Waals surface area contributed by atoms with Crippen LogP contribution in [-0.4, -0.2) is 0 Å². The van der Waals surface area contributed by atoms with Crippen molar-refractivity contribution in [1.29, 1.82) is 0 Å². The first-order valence-electron chi connectivity index (χ1n) is 4.11. The van der Waals surface area contributed by atoms with Gasteiger partial charge in [0, 0.05) is 32.7 Å². The fourth-order valence-electron chi connectivity index (χ4n) is 1.61. The Morgan fingerprint density at radius 1 is 1.50 bits per heavy atom. The molecule has 0 saturated carbocycles. The van der Waals surface area contributed by atoms with E-state index in [0.717, 1.165) is 12.8 Å². The van der Waals surface area contributed by atoms with Crippen molar-refractivity contribution in [3.8, 4) is 0 Å². The first-order valence-corrected chi connectivity index (χ1v) is 4.11. The Labute approximate surface area is 98.9 Å². The normalized spacial score (nSPS) is 13.2. The van der Waals surface area contributed by atoms with E-state index in [9.17, 15) is 0 Å². The van der Waals surface area contributed by atoms with Crippen molar-refractivity contribution in [3.05, 3.63) is 41.5 Å². The Bertz CT molecular complexity index is 300. The van der Waals surface area contributed by atoms with Gasteiger partial charge in [-0.15, -0.1) is 11.1 Å². The van der Waals surface area contributed by atoms with Gasteiger partial charge < -0.3 is 0 Å². The molecule has 0 fully saturated rings. The molecule has 0 nitrogen and oxygen atoms in total. The summed E-state index contributed by atoms with van der Waals surface area (Å²) >= 11 is 0. The minimum atomic E-state index is 0. The van der Waals surface area contributed by atoms with Crippen molar-refractivity contribution in [2.45, 2.75) is 19.8 Å². The van der Waals surface area contributed by atoms with Gasteiger partial charge in [-0.05, 0) is 12.8 Å². The van der Waals surface area contributed by atoms with Gasteiger partial charge in [0.1, 0.15) is 0 Å². The molecule has 0 atom stereocenters. The van der Waals surface area contributed by atoms with Crippen molar-refractivity contribution in [2.24, 2.45) is 0 Å². The Morgan fingerprint density at radius 3 is 3.08 bits per heavy atom. The van der Waals surface area contributed by atoms with Crippen molar-refractivity contribution in [2.75, 3.05) is 0 Å². The van der Waals surface area contributed by atoms with Gasteiger partial charge in [-0.1, -0.05) is 13.0 Å². The number of hydrogen-bond donors (Lipinski definition) is 0. The Hall–Kier alpha value is 0.0639. The Kier molecular flexibility index (Phi) is 3.67. The topological polar surface area (TPSA) is 0 Å². The van der Waals surface area contributed by atoms with Crippen molar-refractivity contribution in [3.63, 3.8) is 0 Å². The molecule has 59 valence electrons. The molecule has 1 aliphatic carbocycles. The molecule has 0 unspecified atom stereocenters. The van der Waals surface area contributed by atoms with Gasteiger partial charge in [-0.25, -0.2) is 0 Å². The van der Waals surface area contributed by atoms with Crippen LogP contribution < -0.4 is 0 Å². The fraction of sp³-hybridized carbons (Fsp3) is 0.273. The van der Waals surface area contributed by atoms with Crippen LogP contribution in [0.5, 0.6) is 0 Å². The monoisotopic (exact) mass is 232 g/mol. The summed E-state index contributed by atoms with van der Waals surface area (Å²) in [7, 11) is 0. The summed E-state index contributed by atoms with van der Waals surface area (Å²) in [5.41, 5.74) is 4.26. The van der Waals surface area contributed by atoms with Crippen LogP contribution in [0.15, 0.2) is 24.3 Å². The third-order valence-corrected chi connectivity index (χ3v) is 2.22. The maximum absolute atomic E-state index is 3.26. The summed E-state index contributed by atoms with van der Waals surface area (Å²) in [6.45, 7) is 2.20.